The fourth-order valence-corrected chi connectivity index (χ4v) is 2.31. The minimum absolute atomic E-state index is 0.0528. The van der Waals surface area contributed by atoms with Crippen molar-refractivity contribution in [2.24, 2.45) is 5.92 Å². The van der Waals surface area contributed by atoms with Crippen molar-refractivity contribution in [3.63, 3.8) is 0 Å². The van der Waals surface area contributed by atoms with Crippen LogP contribution in [0.2, 0.25) is 0 Å². The summed E-state index contributed by atoms with van der Waals surface area (Å²) in [5.74, 6) is -1.12. The summed E-state index contributed by atoms with van der Waals surface area (Å²) in [4.78, 5) is 21.6. The molecule has 0 aromatic rings. The van der Waals surface area contributed by atoms with Crippen LogP contribution in [0, 0.1) is 17.2 Å². The molecule has 0 heterocycles. The molecule has 0 aliphatic heterocycles. The molecule has 1 aliphatic carbocycles. The van der Waals surface area contributed by atoms with Crippen LogP contribution in [0.15, 0.2) is 0 Å². The van der Waals surface area contributed by atoms with E-state index in [1.807, 2.05) is 0 Å². The number of nitrogens with zero attached hydrogens (tertiary/aromatic N) is 1. The van der Waals surface area contributed by atoms with Crippen molar-refractivity contribution in [2.75, 3.05) is 11.5 Å². The van der Waals surface area contributed by atoms with E-state index < -0.39 is 5.97 Å². The zero-order valence-corrected chi connectivity index (χ0v) is 9.63. The number of aliphatic carboxylic acids is 1. The second kappa shape index (κ2) is 6.38. The normalized spacial score (nSPS) is 23.7. The third-order valence-corrected chi connectivity index (χ3v) is 3.40. The molecule has 0 bridgehead atoms. The fourth-order valence-electron chi connectivity index (χ4n) is 1.77. The van der Waals surface area contributed by atoms with E-state index in [2.05, 4.69) is 11.4 Å². The van der Waals surface area contributed by atoms with E-state index >= 15 is 0 Å². The quantitative estimate of drug-likeness (QED) is 0.737. The van der Waals surface area contributed by atoms with Gasteiger partial charge in [-0.25, -0.2) is 0 Å². The van der Waals surface area contributed by atoms with E-state index in [1.54, 1.807) is 0 Å². The van der Waals surface area contributed by atoms with Gasteiger partial charge in [0.1, 0.15) is 0 Å². The van der Waals surface area contributed by atoms with Gasteiger partial charge in [0, 0.05) is 6.04 Å². The number of carbonyl (C=O) groups is 2. The van der Waals surface area contributed by atoms with Crippen LogP contribution in [-0.2, 0) is 9.59 Å². The molecule has 0 radical (unpaired) electrons. The van der Waals surface area contributed by atoms with E-state index in [9.17, 15) is 9.59 Å². The number of carbonyl (C=O) groups excluding carboxylic acids is 1. The second-order valence-electron chi connectivity index (χ2n) is 3.73. The molecular formula is C10H14N2O3S. The second-order valence-corrected chi connectivity index (χ2v) is 4.71. The molecule has 5 nitrogen and oxygen atoms in total. The summed E-state index contributed by atoms with van der Waals surface area (Å²) in [5, 5.41) is 20.0. The molecule has 6 heteroatoms. The molecule has 88 valence electrons. The number of carboxylic acid groups (broad SMARTS) is 1. The highest BCUT2D eigenvalue weighted by atomic mass is 32.2. The first-order valence-corrected chi connectivity index (χ1v) is 6.27. The molecule has 1 fully saturated rings. The number of amides is 1. The van der Waals surface area contributed by atoms with Gasteiger partial charge in [-0.2, -0.15) is 5.26 Å². The number of hydrogen-bond donors (Lipinski definition) is 2. The molecule has 1 aliphatic rings. The molecule has 2 unspecified atom stereocenters. The Morgan fingerprint density at radius 1 is 1.44 bits per heavy atom. The van der Waals surface area contributed by atoms with Gasteiger partial charge in [-0.1, -0.05) is 0 Å². The number of nitrogens with one attached hydrogen (secondary N) is 1. The molecule has 0 spiro atoms. The Bertz CT molecular complexity index is 314. The molecule has 16 heavy (non-hydrogen) atoms. The lowest BCUT2D eigenvalue weighted by Gasteiger charge is -2.14. The maximum Gasteiger partial charge on any atom is 0.313 e. The van der Waals surface area contributed by atoms with E-state index in [0.29, 0.717) is 0 Å². The molecule has 2 atom stereocenters. The first-order chi connectivity index (χ1) is 7.63. The van der Waals surface area contributed by atoms with Crippen molar-refractivity contribution in [1.82, 2.24) is 5.32 Å². The van der Waals surface area contributed by atoms with Crippen LogP contribution in [-0.4, -0.2) is 34.5 Å². The average Bonchev–Trinajstić information content (AvgIpc) is 2.64. The van der Waals surface area contributed by atoms with Crippen molar-refractivity contribution in [1.29, 1.82) is 5.26 Å². The fraction of sp³-hybridized carbons (Fsp3) is 0.700. The van der Waals surface area contributed by atoms with Gasteiger partial charge in [0.25, 0.3) is 0 Å². The Labute approximate surface area is 98.2 Å². The number of nitriles is 1. The van der Waals surface area contributed by atoms with Gasteiger partial charge >= 0.3 is 5.97 Å². The van der Waals surface area contributed by atoms with Crippen LogP contribution in [0.3, 0.4) is 0 Å². The van der Waals surface area contributed by atoms with Crippen molar-refractivity contribution >= 4 is 23.6 Å². The van der Waals surface area contributed by atoms with E-state index in [4.69, 9.17) is 10.4 Å². The Morgan fingerprint density at radius 2 is 2.19 bits per heavy atom. The number of thioether (sulfide) groups is 1. The number of hydrogen-bond acceptors (Lipinski definition) is 4. The van der Waals surface area contributed by atoms with Crippen LogP contribution in [0.25, 0.3) is 0 Å². The lowest BCUT2D eigenvalue weighted by atomic mass is 10.1. The van der Waals surface area contributed by atoms with Crippen molar-refractivity contribution in [3.8, 4) is 6.07 Å². The van der Waals surface area contributed by atoms with E-state index in [1.165, 1.54) is 0 Å². The van der Waals surface area contributed by atoms with Crippen LogP contribution in [0.5, 0.6) is 0 Å². The van der Waals surface area contributed by atoms with Crippen molar-refractivity contribution in [2.45, 2.75) is 25.3 Å². The lowest BCUT2D eigenvalue weighted by molar-refractivity contribution is -0.133. The predicted octanol–water partition coefficient (Wildman–Crippen LogP) is 0.613. The lowest BCUT2D eigenvalue weighted by Crippen LogP contribution is -2.38. The Hall–Kier alpha value is -1.22. The van der Waals surface area contributed by atoms with Crippen LogP contribution >= 0.6 is 11.8 Å². The largest absolute Gasteiger partial charge is 0.481 e. The molecule has 1 saturated carbocycles. The maximum atomic E-state index is 11.4. The van der Waals surface area contributed by atoms with Crippen LogP contribution in [0.4, 0.5) is 0 Å². The molecule has 0 aromatic carbocycles. The van der Waals surface area contributed by atoms with Crippen LogP contribution < -0.4 is 5.32 Å². The number of carboxylic acids is 1. The van der Waals surface area contributed by atoms with Crippen molar-refractivity contribution < 1.29 is 14.7 Å². The first kappa shape index (κ1) is 12.8. The smallest absolute Gasteiger partial charge is 0.313 e. The van der Waals surface area contributed by atoms with E-state index in [0.717, 1.165) is 31.0 Å². The molecular weight excluding hydrogens is 228 g/mol. The highest BCUT2D eigenvalue weighted by molar-refractivity contribution is 8.00. The van der Waals surface area contributed by atoms with Gasteiger partial charge in [-0.15, -0.1) is 11.8 Å². The van der Waals surface area contributed by atoms with Gasteiger partial charge < -0.3 is 10.4 Å². The van der Waals surface area contributed by atoms with E-state index in [-0.39, 0.29) is 29.4 Å². The highest BCUT2D eigenvalue weighted by Gasteiger charge is 2.28. The SMILES string of the molecule is N#CC1CCCC1NC(=O)CSCC(=O)O. The summed E-state index contributed by atoms with van der Waals surface area (Å²) in [5.41, 5.74) is 0. The zero-order chi connectivity index (χ0) is 12.0. The van der Waals surface area contributed by atoms with Gasteiger partial charge in [0.2, 0.25) is 5.91 Å². The molecule has 1 rings (SSSR count). The standard InChI is InChI=1S/C10H14N2O3S/c11-4-7-2-1-3-8(7)12-9(13)5-16-6-10(14)15/h7-8H,1-3,5-6H2,(H,12,13)(H,14,15). The monoisotopic (exact) mass is 242 g/mol. The summed E-state index contributed by atoms with van der Waals surface area (Å²) < 4.78 is 0. The predicted molar refractivity (Wildman–Crippen MR) is 59.8 cm³/mol. The minimum atomic E-state index is -0.923. The molecule has 1 amide bonds. The first-order valence-electron chi connectivity index (χ1n) is 5.12. The zero-order valence-electron chi connectivity index (χ0n) is 8.81. The number of rotatable bonds is 5. The summed E-state index contributed by atoms with van der Waals surface area (Å²) >= 11 is 1.07. The van der Waals surface area contributed by atoms with Gasteiger partial charge in [-0.3, -0.25) is 9.59 Å². The summed E-state index contributed by atoms with van der Waals surface area (Å²) in [7, 11) is 0. The summed E-state index contributed by atoms with van der Waals surface area (Å²) in [6.45, 7) is 0. The maximum absolute atomic E-state index is 11.4. The molecule has 0 saturated heterocycles. The Morgan fingerprint density at radius 3 is 2.81 bits per heavy atom. The Kier molecular flexibility index (Phi) is 5.12. The highest BCUT2D eigenvalue weighted by Crippen LogP contribution is 2.24. The van der Waals surface area contributed by atoms with Gasteiger partial charge in [-0.05, 0) is 19.3 Å². The minimum Gasteiger partial charge on any atom is -0.481 e. The molecule has 2 N–H and O–H groups in total. The average molecular weight is 242 g/mol. The Balaban J connectivity index is 2.23. The third kappa shape index (κ3) is 4.11. The molecule has 0 aromatic heterocycles. The van der Waals surface area contributed by atoms with Gasteiger partial charge in [0.05, 0.1) is 23.5 Å². The van der Waals surface area contributed by atoms with Crippen LogP contribution in [0.1, 0.15) is 19.3 Å². The topological polar surface area (TPSA) is 90.2 Å². The summed E-state index contributed by atoms with van der Waals surface area (Å²) in [6, 6.07) is 2.13. The van der Waals surface area contributed by atoms with Gasteiger partial charge in [0.15, 0.2) is 0 Å². The third-order valence-electron chi connectivity index (χ3n) is 2.49. The summed E-state index contributed by atoms with van der Waals surface area (Å²) in [6.07, 6.45) is 2.64. The van der Waals surface area contributed by atoms with Crippen molar-refractivity contribution in [3.05, 3.63) is 0 Å².